The molecular weight excluding hydrogens is 252 g/mol. The lowest BCUT2D eigenvalue weighted by molar-refractivity contribution is 0.0600. The third-order valence-corrected chi connectivity index (χ3v) is 2.97. The van der Waals surface area contributed by atoms with Crippen molar-refractivity contribution in [3.8, 4) is 5.75 Å². The molecular formula is C17H28O3. The Kier molecular flexibility index (Phi) is 11.6. The smallest absolute Gasteiger partial charge is 0.337 e. The summed E-state index contributed by atoms with van der Waals surface area (Å²) in [6, 6.07) is 6.74. The Morgan fingerprint density at radius 3 is 1.75 bits per heavy atom. The summed E-state index contributed by atoms with van der Waals surface area (Å²) in [6.45, 7) is 4.51. The summed E-state index contributed by atoms with van der Waals surface area (Å²) in [7, 11) is 2.93. The van der Waals surface area contributed by atoms with E-state index in [0.717, 1.165) is 5.75 Å². The fraction of sp³-hybridized carbons (Fsp3) is 0.588. The lowest BCUT2D eigenvalue weighted by Gasteiger charge is -2.00. The Morgan fingerprint density at radius 1 is 0.900 bits per heavy atom. The van der Waals surface area contributed by atoms with E-state index in [1.54, 1.807) is 31.4 Å². The molecule has 0 heterocycles. The highest BCUT2D eigenvalue weighted by molar-refractivity contribution is 5.89. The van der Waals surface area contributed by atoms with Gasteiger partial charge in [0.2, 0.25) is 0 Å². The molecule has 0 amide bonds. The van der Waals surface area contributed by atoms with E-state index in [2.05, 4.69) is 18.6 Å². The maximum Gasteiger partial charge on any atom is 0.337 e. The van der Waals surface area contributed by atoms with Crippen LogP contribution in [-0.2, 0) is 4.74 Å². The minimum absolute atomic E-state index is 0.336. The van der Waals surface area contributed by atoms with E-state index in [1.165, 1.54) is 45.6 Å². The largest absolute Gasteiger partial charge is 0.497 e. The van der Waals surface area contributed by atoms with Crippen molar-refractivity contribution in [2.75, 3.05) is 14.2 Å². The van der Waals surface area contributed by atoms with Crippen molar-refractivity contribution in [2.24, 2.45) is 0 Å². The van der Waals surface area contributed by atoms with Crippen molar-refractivity contribution in [2.45, 2.75) is 52.4 Å². The van der Waals surface area contributed by atoms with Crippen LogP contribution >= 0.6 is 0 Å². The summed E-state index contributed by atoms with van der Waals surface area (Å²) in [6.07, 6.45) is 8.49. The van der Waals surface area contributed by atoms with Crippen LogP contribution in [0.15, 0.2) is 24.3 Å². The average Bonchev–Trinajstić information content (AvgIpc) is 2.51. The molecule has 0 aliphatic heterocycles. The summed E-state index contributed by atoms with van der Waals surface area (Å²) in [5, 5.41) is 0. The molecule has 3 heteroatoms. The van der Waals surface area contributed by atoms with Crippen LogP contribution in [-0.4, -0.2) is 20.2 Å². The number of carbonyl (C=O) groups excluding carboxylic acids is 1. The number of methoxy groups -OCH3 is 2. The Labute approximate surface area is 123 Å². The van der Waals surface area contributed by atoms with E-state index >= 15 is 0 Å². The minimum Gasteiger partial charge on any atom is -0.497 e. The monoisotopic (exact) mass is 280 g/mol. The van der Waals surface area contributed by atoms with Gasteiger partial charge in [-0.1, -0.05) is 52.4 Å². The second kappa shape index (κ2) is 12.5. The quantitative estimate of drug-likeness (QED) is 0.529. The van der Waals surface area contributed by atoms with Gasteiger partial charge in [-0.05, 0) is 24.3 Å². The number of rotatable bonds is 7. The van der Waals surface area contributed by atoms with Crippen LogP contribution in [0.25, 0.3) is 0 Å². The van der Waals surface area contributed by atoms with Crippen LogP contribution in [0, 0.1) is 0 Å². The standard InChI is InChI=1S/C9H10O3.C8H18/c1-11-8-5-3-7(4-6-8)9(10)12-2;1-3-5-7-8-6-4-2/h3-6H,1-2H3;3-8H2,1-2H3. The summed E-state index contributed by atoms with van der Waals surface area (Å²) < 4.78 is 9.46. The zero-order valence-electron chi connectivity index (χ0n) is 13.3. The molecule has 0 aliphatic rings. The van der Waals surface area contributed by atoms with Gasteiger partial charge in [0, 0.05) is 0 Å². The van der Waals surface area contributed by atoms with Gasteiger partial charge >= 0.3 is 5.97 Å². The first-order chi connectivity index (χ1) is 9.69. The van der Waals surface area contributed by atoms with E-state index in [9.17, 15) is 4.79 Å². The summed E-state index contributed by atoms with van der Waals surface area (Å²) in [5.41, 5.74) is 0.526. The van der Waals surface area contributed by atoms with Crippen LogP contribution in [0.3, 0.4) is 0 Å². The normalized spacial score (nSPS) is 9.40. The predicted molar refractivity (Wildman–Crippen MR) is 83.4 cm³/mol. The number of carbonyl (C=O) groups is 1. The summed E-state index contributed by atoms with van der Waals surface area (Å²) in [4.78, 5) is 11.0. The van der Waals surface area contributed by atoms with Gasteiger partial charge in [-0.2, -0.15) is 0 Å². The van der Waals surface area contributed by atoms with Gasteiger partial charge in [0.15, 0.2) is 0 Å². The molecule has 0 saturated carbocycles. The molecule has 1 aromatic rings. The molecule has 0 bridgehead atoms. The highest BCUT2D eigenvalue weighted by Gasteiger charge is 2.03. The van der Waals surface area contributed by atoms with Gasteiger partial charge in [-0.15, -0.1) is 0 Å². The maximum atomic E-state index is 11.0. The molecule has 0 unspecified atom stereocenters. The highest BCUT2D eigenvalue weighted by atomic mass is 16.5. The molecule has 1 aromatic carbocycles. The van der Waals surface area contributed by atoms with E-state index in [4.69, 9.17) is 4.74 Å². The lowest BCUT2D eigenvalue weighted by atomic mass is 10.1. The maximum absolute atomic E-state index is 11.0. The summed E-state index contributed by atoms with van der Waals surface area (Å²) >= 11 is 0. The molecule has 1 rings (SSSR count). The van der Waals surface area contributed by atoms with E-state index < -0.39 is 0 Å². The van der Waals surface area contributed by atoms with E-state index in [0.29, 0.717) is 5.56 Å². The molecule has 0 radical (unpaired) electrons. The molecule has 0 fully saturated rings. The number of esters is 1. The number of hydrogen-bond donors (Lipinski definition) is 0. The fourth-order valence-corrected chi connectivity index (χ4v) is 1.70. The van der Waals surface area contributed by atoms with Gasteiger partial charge in [-0.25, -0.2) is 4.79 Å². The number of ether oxygens (including phenoxy) is 2. The topological polar surface area (TPSA) is 35.5 Å². The Morgan fingerprint density at radius 2 is 1.40 bits per heavy atom. The van der Waals surface area contributed by atoms with Gasteiger partial charge < -0.3 is 9.47 Å². The summed E-state index contributed by atoms with van der Waals surface area (Å²) in [5.74, 6) is 0.389. The number of hydrogen-bond acceptors (Lipinski definition) is 3. The third kappa shape index (κ3) is 8.57. The Balaban J connectivity index is 0.000000396. The highest BCUT2D eigenvalue weighted by Crippen LogP contribution is 2.11. The van der Waals surface area contributed by atoms with Crippen LogP contribution in [0.4, 0.5) is 0 Å². The SMILES string of the molecule is CCCCCCCC.COC(=O)c1ccc(OC)cc1. The Hall–Kier alpha value is -1.51. The first-order valence-electron chi connectivity index (χ1n) is 7.41. The second-order valence-electron chi connectivity index (χ2n) is 4.63. The zero-order chi connectivity index (χ0) is 15.2. The average molecular weight is 280 g/mol. The van der Waals surface area contributed by atoms with Crippen molar-refractivity contribution in [1.82, 2.24) is 0 Å². The molecule has 0 aromatic heterocycles. The van der Waals surface area contributed by atoms with E-state index in [-0.39, 0.29) is 5.97 Å². The number of unbranched alkanes of at least 4 members (excludes halogenated alkanes) is 5. The predicted octanol–water partition coefficient (Wildman–Crippen LogP) is 4.85. The van der Waals surface area contributed by atoms with Gasteiger partial charge in [-0.3, -0.25) is 0 Å². The van der Waals surface area contributed by atoms with Crippen LogP contribution < -0.4 is 4.74 Å². The third-order valence-electron chi connectivity index (χ3n) is 2.97. The van der Waals surface area contributed by atoms with E-state index in [1.807, 2.05) is 0 Å². The molecule has 20 heavy (non-hydrogen) atoms. The van der Waals surface area contributed by atoms with Crippen LogP contribution in [0.2, 0.25) is 0 Å². The van der Waals surface area contributed by atoms with Crippen molar-refractivity contribution < 1.29 is 14.3 Å². The first-order valence-corrected chi connectivity index (χ1v) is 7.41. The number of benzene rings is 1. The Bertz CT molecular complexity index is 338. The fourth-order valence-electron chi connectivity index (χ4n) is 1.70. The van der Waals surface area contributed by atoms with Gasteiger partial charge in [0.25, 0.3) is 0 Å². The molecule has 0 spiro atoms. The first kappa shape index (κ1) is 18.5. The molecule has 0 atom stereocenters. The van der Waals surface area contributed by atoms with Crippen molar-refractivity contribution in [1.29, 1.82) is 0 Å². The molecule has 0 saturated heterocycles. The van der Waals surface area contributed by atoms with Gasteiger partial charge in [0.1, 0.15) is 5.75 Å². The lowest BCUT2D eigenvalue weighted by Crippen LogP contribution is -2.00. The molecule has 0 aliphatic carbocycles. The molecule has 3 nitrogen and oxygen atoms in total. The van der Waals surface area contributed by atoms with Crippen LogP contribution in [0.1, 0.15) is 62.7 Å². The zero-order valence-corrected chi connectivity index (χ0v) is 13.3. The van der Waals surface area contributed by atoms with Crippen LogP contribution in [0.5, 0.6) is 5.75 Å². The molecule has 0 N–H and O–H groups in total. The van der Waals surface area contributed by atoms with Gasteiger partial charge in [0.05, 0.1) is 19.8 Å². The second-order valence-corrected chi connectivity index (χ2v) is 4.63. The van der Waals surface area contributed by atoms with Crippen molar-refractivity contribution >= 4 is 5.97 Å². The van der Waals surface area contributed by atoms with Crippen molar-refractivity contribution in [3.63, 3.8) is 0 Å². The van der Waals surface area contributed by atoms with Crippen molar-refractivity contribution in [3.05, 3.63) is 29.8 Å². The minimum atomic E-state index is -0.336. The molecule has 114 valence electrons.